The van der Waals surface area contributed by atoms with Crippen molar-refractivity contribution in [3.8, 4) is 16.9 Å². The predicted molar refractivity (Wildman–Crippen MR) is 63.4 cm³/mol. The normalized spacial score (nSPS) is 10.9. The Morgan fingerprint density at radius 2 is 1.15 bits per heavy atom. The van der Waals surface area contributed by atoms with Crippen molar-refractivity contribution >= 4 is 23.2 Å². The molecule has 2 aromatic carbocycles. The fourth-order valence-electron chi connectivity index (χ4n) is 1.57. The van der Waals surface area contributed by atoms with Gasteiger partial charge in [0.1, 0.15) is 5.75 Å². The summed E-state index contributed by atoms with van der Waals surface area (Å²) in [6.07, 6.45) is 0. The molecule has 0 unspecified atom stereocenters. The van der Waals surface area contributed by atoms with E-state index in [2.05, 4.69) is 0 Å². The SMILES string of the molecule is Oc1cc(-c2c(F)c(F)c(F)c(F)c2F)c(Cl)cc1Cl. The highest BCUT2D eigenvalue weighted by molar-refractivity contribution is 6.37. The first-order valence-electron chi connectivity index (χ1n) is 4.95. The highest BCUT2D eigenvalue weighted by Gasteiger charge is 2.28. The van der Waals surface area contributed by atoms with Crippen LogP contribution in [-0.4, -0.2) is 5.11 Å². The average molecular weight is 329 g/mol. The third-order valence-electron chi connectivity index (χ3n) is 2.52. The van der Waals surface area contributed by atoms with Crippen LogP contribution in [0.2, 0.25) is 10.0 Å². The Labute approximate surface area is 119 Å². The highest BCUT2D eigenvalue weighted by atomic mass is 35.5. The van der Waals surface area contributed by atoms with E-state index in [0.29, 0.717) is 6.07 Å². The lowest BCUT2D eigenvalue weighted by molar-refractivity contribution is 0.381. The molecule has 1 nitrogen and oxygen atoms in total. The number of phenols is 1. The molecule has 8 heteroatoms. The Bertz CT molecular complexity index is 689. The van der Waals surface area contributed by atoms with E-state index < -0.39 is 46.0 Å². The summed E-state index contributed by atoms with van der Waals surface area (Å²) in [6.45, 7) is 0. The molecule has 20 heavy (non-hydrogen) atoms. The highest BCUT2D eigenvalue weighted by Crippen LogP contribution is 2.39. The minimum Gasteiger partial charge on any atom is -0.506 e. The van der Waals surface area contributed by atoms with Gasteiger partial charge in [0.15, 0.2) is 23.3 Å². The van der Waals surface area contributed by atoms with Gasteiger partial charge in [0.25, 0.3) is 0 Å². The molecule has 0 aliphatic rings. The van der Waals surface area contributed by atoms with Crippen LogP contribution in [-0.2, 0) is 0 Å². The minimum absolute atomic E-state index is 0.234. The minimum atomic E-state index is -2.28. The number of aromatic hydroxyl groups is 1. The van der Waals surface area contributed by atoms with Crippen LogP contribution >= 0.6 is 23.2 Å². The van der Waals surface area contributed by atoms with Crippen LogP contribution in [0.3, 0.4) is 0 Å². The van der Waals surface area contributed by atoms with Crippen molar-refractivity contribution in [2.75, 3.05) is 0 Å². The van der Waals surface area contributed by atoms with Crippen LogP contribution in [0.4, 0.5) is 22.0 Å². The van der Waals surface area contributed by atoms with E-state index in [-0.39, 0.29) is 10.0 Å². The summed E-state index contributed by atoms with van der Waals surface area (Å²) in [6, 6.07) is 1.63. The molecule has 0 fully saturated rings. The molecule has 0 heterocycles. The van der Waals surface area contributed by atoms with Gasteiger partial charge in [0, 0.05) is 5.56 Å². The molecule has 0 spiro atoms. The van der Waals surface area contributed by atoms with Crippen LogP contribution in [0.15, 0.2) is 12.1 Å². The lowest BCUT2D eigenvalue weighted by Crippen LogP contribution is -2.04. The van der Waals surface area contributed by atoms with E-state index in [1.54, 1.807) is 0 Å². The van der Waals surface area contributed by atoms with E-state index in [1.807, 2.05) is 0 Å². The van der Waals surface area contributed by atoms with E-state index in [0.717, 1.165) is 6.07 Å². The Morgan fingerprint density at radius 3 is 1.65 bits per heavy atom. The fourth-order valence-corrected chi connectivity index (χ4v) is 2.05. The van der Waals surface area contributed by atoms with Crippen LogP contribution < -0.4 is 0 Å². The summed E-state index contributed by atoms with van der Waals surface area (Å²) in [4.78, 5) is 0. The van der Waals surface area contributed by atoms with Gasteiger partial charge in [-0.25, -0.2) is 22.0 Å². The van der Waals surface area contributed by atoms with Gasteiger partial charge in [0.2, 0.25) is 5.82 Å². The zero-order chi connectivity index (χ0) is 15.2. The number of rotatable bonds is 1. The first-order valence-corrected chi connectivity index (χ1v) is 5.71. The second-order valence-corrected chi connectivity index (χ2v) is 4.54. The van der Waals surface area contributed by atoms with Crippen molar-refractivity contribution in [2.45, 2.75) is 0 Å². The molecule has 2 rings (SSSR count). The number of benzene rings is 2. The Kier molecular flexibility index (Phi) is 3.80. The molecule has 106 valence electrons. The lowest BCUT2D eigenvalue weighted by atomic mass is 10.0. The second kappa shape index (κ2) is 5.10. The van der Waals surface area contributed by atoms with Gasteiger partial charge in [-0.05, 0) is 12.1 Å². The van der Waals surface area contributed by atoms with Crippen molar-refractivity contribution < 1.29 is 27.1 Å². The van der Waals surface area contributed by atoms with E-state index in [4.69, 9.17) is 23.2 Å². The summed E-state index contributed by atoms with van der Waals surface area (Å²) in [5.74, 6) is -11.2. The van der Waals surface area contributed by atoms with Crippen LogP contribution in [0.25, 0.3) is 11.1 Å². The Balaban J connectivity index is 2.87. The van der Waals surface area contributed by atoms with Gasteiger partial charge in [-0.2, -0.15) is 0 Å². The lowest BCUT2D eigenvalue weighted by Gasteiger charge is -2.11. The van der Waals surface area contributed by atoms with Crippen LogP contribution in [0.1, 0.15) is 0 Å². The van der Waals surface area contributed by atoms with Crippen LogP contribution in [0, 0.1) is 29.1 Å². The zero-order valence-corrected chi connectivity index (χ0v) is 10.8. The molecule has 0 bridgehead atoms. The largest absolute Gasteiger partial charge is 0.506 e. The molecule has 0 aliphatic carbocycles. The molecule has 0 amide bonds. The van der Waals surface area contributed by atoms with E-state index in [1.165, 1.54) is 0 Å². The van der Waals surface area contributed by atoms with Crippen molar-refractivity contribution in [1.82, 2.24) is 0 Å². The van der Waals surface area contributed by atoms with Gasteiger partial charge in [-0.15, -0.1) is 0 Å². The topological polar surface area (TPSA) is 20.2 Å². The van der Waals surface area contributed by atoms with Crippen LogP contribution in [0.5, 0.6) is 5.75 Å². The summed E-state index contributed by atoms with van der Waals surface area (Å²) in [5, 5.41) is 8.75. The maximum absolute atomic E-state index is 13.6. The number of phenolic OH excluding ortho intramolecular Hbond substituents is 1. The Morgan fingerprint density at radius 1 is 0.700 bits per heavy atom. The van der Waals surface area contributed by atoms with Gasteiger partial charge in [0.05, 0.1) is 15.6 Å². The quantitative estimate of drug-likeness (QED) is 0.440. The first kappa shape index (κ1) is 14.9. The van der Waals surface area contributed by atoms with E-state index in [9.17, 15) is 27.1 Å². The third kappa shape index (κ3) is 2.19. The Hall–Kier alpha value is -1.53. The molecule has 0 aromatic heterocycles. The maximum atomic E-state index is 13.6. The number of hydrogen-bond donors (Lipinski definition) is 1. The molecule has 0 aliphatic heterocycles. The fraction of sp³-hybridized carbons (Fsp3) is 0. The summed E-state index contributed by atoms with van der Waals surface area (Å²) in [5.41, 5.74) is -1.81. The van der Waals surface area contributed by atoms with Gasteiger partial charge >= 0.3 is 0 Å². The average Bonchev–Trinajstić information content (AvgIpc) is 2.40. The number of hydrogen-bond acceptors (Lipinski definition) is 1. The molecule has 0 saturated carbocycles. The second-order valence-electron chi connectivity index (χ2n) is 3.73. The molecular weight excluding hydrogens is 326 g/mol. The molecule has 2 aromatic rings. The van der Waals surface area contributed by atoms with Crippen molar-refractivity contribution in [1.29, 1.82) is 0 Å². The molecule has 0 saturated heterocycles. The molecule has 0 radical (unpaired) electrons. The summed E-state index contributed by atoms with van der Waals surface area (Å²) >= 11 is 11.2. The first-order chi connectivity index (χ1) is 9.25. The van der Waals surface area contributed by atoms with Gasteiger partial charge < -0.3 is 5.11 Å². The summed E-state index contributed by atoms with van der Waals surface area (Å²) < 4.78 is 66.4. The standard InChI is InChI=1S/C12H3Cl2F5O/c13-4-2-5(14)6(20)1-3(4)7-8(15)10(17)12(19)11(18)9(7)16/h1-2,20H. The van der Waals surface area contributed by atoms with Gasteiger partial charge in [-0.3, -0.25) is 0 Å². The number of halogens is 7. The molecule has 0 atom stereocenters. The van der Waals surface area contributed by atoms with Crippen molar-refractivity contribution in [3.05, 3.63) is 51.3 Å². The van der Waals surface area contributed by atoms with Crippen molar-refractivity contribution in [2.24, 2.45) is 0 Å². The summed E-state index contributed by atoms with van der Waals surface area (Å²) in [7, 11) is 0. The van der Waals surface area contributed by atoms with E-state index >= 15 is 0 Å². The smallest absolute Gasteiger partial charge is 0.200 e. The third-order valence-corrected chi connectivity index (χ3v) is 3.13. The predicted octanol–water partition coefficient (Wildman–Crippen LogP) is 5.06. The zero-order valence-electron chi connectivity index (χ0n) is 9.25. The maximum Gasteiger partial charge on any atom is 0.200 e. The van der Waals surface area contributed by atoms with Crippen molar-refractivity contribution in [3.63, 3.8) is 0 Å². The molecule has 1 N–H and O–H groups in total. The molecular formula is C12H3Cl2F5O. The van der Waals surface area contributed by atoms with Gasteiger partial charge in [-0.1, -0.05) is 23.2 Å². The monoisotopic (exact) mass is 328 g/mol.